The number of hydrogen-bond donors (Lipinski definition) is 0. The molecule has 0 spiro atoms. The third-order valence-electron chi connectivity index (χ3n) is 2.04. The van der Waals surface area contributed by atoms with E-state index in [1.54, 1.807) is 6.07 Å². The molecule has 0 fully saturated rings. The smallest absolute Gasteiger partial charge is 0.339 e. The monoisotopic (exact) mass is 236 g/mol. The van der Waals surface area contributed by atoms with Crippen molar-refractivity contribution in [1.82, 2.24) is 0 Å². The van der Waals surface area contributed by atoms with E-state index in [-0.39, 0.29) is 16.9 Å². The van der Waals surface area contributed by atoms with Gasteiger partial charge in [0.15, 0.2) is 5.75 Å². The van der Waals surface area contributed by atoms with Gasteiger partial charge in [-0.1, -0.05) is 0 Å². The van der Waals surface area contributed by atoms with Crippen LogP contribution in [0.4, 0.5) is 5.69 Å². The van der Waals surface area contributed by atoms with Crippen LogP contribution in [0.25, 0.3) is 0 Å². The molecule has 0 aliphatic heterocycles. The van der Waals surface area contributed by atoms with Crippen molar-refractivity contribution in [1.29, 1.82) is 5.26 Å². The summed E-state index contributed by atoms with van der Waals surface area (Å²) in [6, 6.07) is 3.84. The van der Waals surface area contributed by atoms with Crippen LogP contribution in [0.15, 0.2) is 12.1 Å². The Morgan fingerprint density at radius 2 is 2.12 bits per heavy atom. The van der Waals surface area contributed by atoms with E-state index in [2.05, 4.69) is 4.74 Å². The van der Waals surface area contributed by atoms with E-state index in [9.17, 15) is 14.9 Å². The van der Waals surface area contributed by atoms with Crippen LogP contribution < -0.4 is 4.74 Å². The van der Waals surface area contributed by atoms with Crippen LogP contribution in [0.1, 0.15) is 15.9 Å². The molecule has 0 aliphatic rings. The summed E-state index contributed by atoms with van der Waals surface area (Å²) in [5, 5.41) is 19.6. The molecule has 0 atom stereocenters. The Bertz CT molecular complexity index is 518. The summed E-state index contributed by atoms with van der Waals surface area (Å²) in [6.45, 7) is 0. The summed E-state index contributed by atoms with van der Waals surface area (Å²) < 4.78 is 9.21. The summed E-state index contributed by atoms with van der Waals surface area (Å²) in [5.41, 5.74) is -0.603. The number of nitro groups is 1. The minimum atomic E-state index is -0.813. The fourth-order valence-electron chi connectivity index (χ4n) is 1.25. The lowest BCUT2D eigenvalue weighted by Crippen LogP contribution is -2.06. The Hall–Kier alpha value is -2.62. The molecular formula is C10H8N2O5. The first-order valence-corrected chi connectivity index (χ1v) is 4.40. The SMILES string of the molecule is COC(=O)c1cc([N+](=O)[O-])c(OC)cc1C#N. The molecule has 1 aromatic rings. The van der Waals surface area contributed by atoms with E-state index in [0.29, 0.717) is 0 Å². The van der Waals surface area contributed by atoms with Crippen molar-refractivity contribution in [3.63, 3.8) is 0 Å². The summed E-state index contributed by atoms with van der Waals surface area (Å²) in [4.78, 5) is 21.4. The standard InChI is InChI=1S/C10H8N2O5/c1-16-9-3-6(5-11)7(10(13)17-2)4-8(9)12(14)15/h3-4H,1-2H3. The fourth-order valence-corrected chi connectivity index (χ4v) is 1.25. The number of benzene rings is 1. The Kier molecular flexibility index (Phi) is 3.62. The number of ether oxygens (including phenoxy) is 2. The van der Waals surface area contributed by atoms with Gasteiger partial charge in [0.2, 0.25) is 0 Å². The topological polar surface area (TPSA) is 102 Å². The molecule has 88 valence electrons. The lowest BCUT2D eigenvalue weighted by Gasteiger charge is -2.05. The van der Waals surface area contributed by atoms with Crippen molar-refractivity contribution in [2.24, 2.45) is 0 Å². The number of nitriles is 1. The number of hydrogen-bond acceptors (Lipinski definition) is 6. The number of rotatable bonds is 3. The van der Waals surface area contributed by atoms with E-state index >= 15 is 0 Å². The molecule has 0 saturated carbocycles. The Labute approximate surface area is 96.3 Å². The largest absolute Gasteiger partial charge is 0.490 e. The number of carbonyl (C=O) groups excluding carboxylic acids is 1. The second-order valence-electron chi connectivity index (χ2n) is 2.93. The number of methoxy groups -OCH3 is 2. The summed E-state index contributed by atoms with van der Waals surface area (Å²) >= 11 is 0. The van der Waals surface area contributed by atoms with E-state index in [4.69, 9.17) is 10.00 Å². The number of nitro benzene ring substituents is 1. The van der Waals surface area contributed by atoms with Crippen molar-refractivity contribution in [3.05, 3.63) is 33.4 Å². The third kappa shape index (κ3) is 2.31. The van der Waals surface area contributed by atoms with Crippen LogP contribution in [-0.4, -0.2) is 25.1 Å². The second kappa shape index (κ2) is 4.94. The maximum Gasteiger partial charge on any atom is 0.339 e. The summed E-state index contributed by atoms with van der Waals surface area (Å²) in [5.74, 6) is -0.897. The van der Waals surface area contributed by atoms with Gasteiger partial charge in [-0.05, 0) is 0 Å². The highest BCUT2D eigenvalue weighted by molar-refractivity contribution is 5.93. The first-order valence-electron chi connectivity index (χ1n) is 4.40. The van der Waals surface area contributed by atoms with Gasteiger partial charge in [0.05, 0.1) is 30.3 Å². The van der Waals surface area contributed by atoms with Crippen molar-refractivity contribution in [3.8, 4) is 11.8 Å². The Balaban J connectivity index is 3.51. The molecule has 0 aromatic heterocycles. The highest BCUT2D eigenvalue weighted by atomic mass is 16.6. The zero-order valence-electron chi connectivity index (χ0n) is 9.09. The highest BCUT2D eigenvalue weighted by Gasteiger charge is 2.22. The average Bonchev–Trinajstić information content (AvgIpc) is 2.35. The number of carbonyl (C=O) groups is 1. The van der Waals surface area contributed by atoms with Gasteiger partial charge in [-0.15, -0.1) is 0 Å². The zero-order chi connectivity index (χ0) is 13.0. The molecule has 7 heteroatoms. The van der Waals surface area contributed by atoms with Crippen LogP contribution in [0.3, 0.4) is 0 Å². The molecule has 17 heavy (non-hydrogen) atoms. The quantitative estimate of drug-likeness (QED) is 0.444. The molecule has 1 rings (SSSR count). The molecule has 0 amide bonds. The normalized spacial score (nSPS) is 9.24. The molecule has 0 N–H and O–H groups in total. The molecule has 0 saturated heterocycles. The van der Waals surface area contributed by atoms with Crippen LogP contribution in [0, 0.1) is 21.4 Å². The van der Waals surface area contributed by atoms with Gasteiger partial charge in [0, 0.05) is 12.1 Å². The first kappa shape index (κ1) is 12.4. The maximum atomic E-state index is 11.3. The molecule has 1 aromatic carbocycles. The van der Waals surface area contributed by atoms with Crippen LogP contribution in [-0.2, 0) is 4.74 Å². The summed E-state index contributed by atoms with van der Waals surface area (Å²) in [7, 11) is 2.36. The van der Waals surface area contributed by atoms with Crippen molar-refractivity contribution >= 4 is 11.7 Å². The van der Waals surface area contributed by atoms with Gasteiger partial charge in [0.1, 0.15) is 6.07 Å². The van der Waals surface area contributed by atoms with E-state index < -0.39 is 16.6 Å². The van der Waals surface area contributed by atoms with Crippen LogP contribution in [0.2, 0.25) is 0 Å². The van der Waals surface area contributed by atoms with E-state index in [1.165, 1.54) is 7.11 Å². The van der Waals surface area contributed by atoms with Crippen molar-refractivity contribution in [2.75, 3.05) is 14.2 Å². The van der Waals surface area contributed by atoms with Crippen molar-refractivity contribution < 1.29 is 19.2 Å². The molecule has 0 bridgehead atoms. The predicted octanol–water partition coefficient (Wildman–Crippen LogP) is 1.26. The van der Waals surface area contributed by atoms with Gasteiger partial charge in [-0.2, -0.15) is 5.26 Å². The number of nitrogens with zero attached hydrogens (tertiary/aromatic N) is 2. The van der Waals surface area contributed by atoms with Crippen LogP contribution in [0.5, 0.6) is 5.75 Å². The molecule has 7 nitrogen and oxygen atoms in total. The van der Waals surface area contributed by atoms with Gasteiger partial charge >= 0.3 is 11.7 Å². The zero-order valence-corrected chi connectivity index (χ0v) is 9.09. The summed E-state index contributed by atoms with van der Waals surface area (Å²) in [6.07, 6.45) is 0. The van der Waals surface area contributed by atoms with Gasteiger partial charge in [0.25, 0.3) is 0 Å². The third-order valence-corrected chi connectivity index (χ3v) is 2.04. The van der Waals surface area contributed by atoms with Gasteiger partial charge in [-0.25, -0.2) is 4.79 Å². The van der Waals surface area contributed by atoms with Gasteiger partial charge < -0.3 is 9.47 Å². The predicted molar refractivity (Wildman–Crippen MR) is 55.7 cm³/mol. The Morgan fingerprint density at radius 3 is 2.53 bits per heavy atom. The lowest BCUT2D eigenvalue weighted by molar-refractivity contribution is -0.385. The maximum absolute atomic E-state index is 11.3. The molecule has 0 aliphatic carbocycles. The first-order chi connectivity index (χ1) is 8.04. The van der Waals surface area contributed by atoms with E-state index in [0.717, 1.165) is 19.2 Å². The van der Waals surface area contributed by atoms with E-state index in [1.807, 2.05) is 0 Å². The fraction of sp³-hybridized carbons (Fsp3) is 0.200. The molecule has 0 unspecified atom stereocenters. The minimum absolute atomic E-state index is 0.0423. The molecule has 0 heterocycles. The number of esters is 1. The lowest BCUT2D eigenvalue weighted by atomic mass is 10.1. The van der Waals surface area contributed by atoms with Crippen LogP contribution >= 0.6 is 0 Å². The minimum Gasteiger partial charge on any atom is -0.490 e. The highest BCUT2D eigenvalue weighted by Crippen LogP contribution is 2.30. The molecule has 0 radical (unpaired) electrons. The van der Waals surface area contributed by atoms with Crippen molar-refractivity contribution in [2.45, 2.75) is 0 Å². The van der Waals surface area contributed by atoms with Gasteiger partial charge in [-0.3, -0.25) is 10.1 Å². The second-order valence-corrected chi connectivity index (χ2v) is 2.93. The average molecular weight is 236 g/mol. The Morgan fingerprint density at radius 1 is 1.47 bits per heavy atom. The molecular weight excluding hydrogens is 228 g/mol.